The van der Waals surface area contributed by atoms with Crippen LogP contribution in [0, 0.1) is 0 Å². The lowest BCUT2D eigenvalue weighted by atomic mass is 10.1. The fourth-order valence-electron chi connectivity index (χ4n) is 4.06. The molecule has 0 unspecified atom stereocenters. The van der Waals surface area contributed by atoms with E-state index in [1.54, 1.807) is 4.90 Å². The van der Waals surface area contributed by atoms with Gasteiger partial charge in [-0.05, 0) is 43.2 Å². The normalized spacial score (nSPS) is 15.3. The molecule has 0 bridgehead atoms. The SMILES string of the molecule is COc1ccc(S(=O)(=O)c2cnc3ccc(OC(F)(F)F)cc3c2N2CCC(O)CC2)cc1OC. The van der Waals surface area contributed by atoms with E-state index in [4.69, 9.17) is 9.47 Å². The Labute approximate surface area is 199 Å². The smallest absolute Gasteiger partial charge is 0.493 e. The number of hydrogen-bond donors (Lipinski definition) is 1. The largest absolute Gasteiger partial charge is 0.573 e. The molecule has 0 radical (unpaired) electrons. The molecule has 1 N–H and O–H groups in total. The van der Waals surface area contributed by atoms with E-state index in [1.807, 2.05) is 0 Å². The van der Waals surface area contributed by atoms with Crippen molar-refractivity contribution in [2.24, 2.45) is 0 Å². The van der Waals surface area contributed by atoms with Crippen LogP contribution in [0.1, 0.15) is 12.8 Å². The van der Waals surface area contributed by atoms with Gasteiger partial charge in [0.15, 0.2) is 11.5 Å². The van der Waals surface area contributed by atoms with Gasteiger partial charge in [0.25, 0.3) is 0 Å². The highest BCUT2D eigenvalue weighted by Gasteiger charge is 2.33. The minimum atomic E-state index is -4.92. The summed E-state index contributed by atoms with van der Waals surface area (Å²) in [6.45, 7) is 0.609. The summed E-state index contributed by atoms with van der Waals surface area (Å²) in [4.78, 5) is 5.66. The van der Waals surface area contributed by atoms with E-state index in [1.165, 1.54) is 44.7 Å². The van der Waals surface area contributed by atoms with Gasteiger partial charge in [-0.25, -0.2) is 8.42 Å². The van der Waals surface area contributed by atoms with E-state index < -0.39 is 28.1 Å². The second kappa shape index (κ2) is 9.42. The van der Waals surface area contributed by atoms with E-state index >= 15 is 0 Å². The van der Waals surface area contributed by atoms with Gasteiger partial charge in [0.05, 0.1) is 36.4 Å². The van der Waals surface area contributed by atoms with Gasteiger partial charge in [0.2, 0.25) is 9.84 Å². The molecule has 1 aliphatic rings. The second-order valence-electron chi connectivity index (χ2n) is 7.94. The monoisotopic (exact) mass is 512 g/mol. The standard InChI is InChI=1S/C23H23F3N2O6S/c1-32-19-6-4-16(12-20(19)33-2)35(30,31)21-13-27-18-5-3-15(34-23(24,25)26)11-17(18)22(21)28-9-7-14(29)8-10-28/h3-6,11-14,29H,7-10H2,1-2H3. The zero-order valence-electron chi connectivity index (χ0n) is 18.9. The molecule has 0 amide bonds. The number of benzene rings is 2. The van der Waals surface area contributed by atoms with Crippen LogP contribution < -0.4 is 19.1 Å². The van der Waals surface area contributed by atoms with Crippen LogP contribution >= 0.6 is 0 Å². The van der Waals surface area contributed by atoms with Crippen LogP contribution in [0.25, 0.3) is 10.9 Å². The number of alkyl halides is 3. The van der Waals surface area contributed by atoms with Crippen molar-refractivity contribution in [2.45, 2.75) is 35.1 Å². The number of hydrogen-bond acceptors (Lipinski definition) is 8. The fourth-order valence-corrected chi connectivity index (χ4v) is 5.51. The Morgan fingerprint density at radius 3 is 2.34 bits per heavy atom. The Kier molecular flexibility index (Phi) is 6.69. The molecule has 8 nitrogen and oxygen atoms in total. The zero-order chi connectivity index (χ0) is 25.4. The molecule has 0 aliphatic carbocycles. The average Bonchev–Trinajstić information content (AvgIpc) is 2.82. The van der Waals surface area contributed by atoms with Crippen molar-refractivity contribution < 1.29 is 40.9 Å². The minimum Gasteiger partial charge on any atom is -0.493 e. The molecule has 1 fully saturated rings. The van der Waals surface area contributed by atoms with Gasteiger partial charge in [-0.3, -0.25) is 4.98 Å². The van der Waals surface area contributed by atoms with Gasteiger partial charge in [-0.15, -0.1) is 13.2 Å². The second-order valence-corrected chi connectivity index (χ2v) is 9.85. The highest BCUT2D eigenvalue weighted by Crippen LogP contribution is 2.40. The lowest BCUT2D eigenvalue weighted by Crippen LogP contribution is -2.36. The third kappa shape index (κ3) is 5.08. The van der Waals surface area contributed by atoms with E-state index in [2.05, 4.69) is 9.72 Å². The molecule has 2 aromatic carbocycles. The Balaban J connectivity index is 1.93. The third-order valence-corrected chi connectivity index (χ3v) is 7.50. The van der Waals surface area contributed by atoms with Gasteiger partial charge in [0, 0.05) is 30.7 Å². The Bertz CT molecular complexity index is 1340. The quantitative estimate of drug-likeness (QED) is 0.531. The maximum atomic E-state index is 13.8. The summed E-state index contributed by atoms with van der Waals surface area (Å²) >= 11 is 0. The number of anilines is 1. The number of rotatable bonds is 6. The van der Waals surface area contributed by atoms with Crippen molar-refractivity contribution in [1.82, 2.24) is 4.98 Å². The maximum absolute atomic E-state index is 13.8. The van der Waals surface area contributed by atoms with Crippen LogP contribution in [0.15, 0.2) is 52.4 Å². The average molecular weight is 513 g/mol. The summed E-state index contributed by atoms with van der Waals surface area (Å²) in [6.07, 6.45) is -3.52. The molecule has 0 atom stereocenters. The number of fused-ring (bicyclic) bond motifs is 1. The number of sulfone groups is 1. The first-order chi connectivity index (χ1) is 16.5. The minimum absolute atomic E-state index is 0.0997. The molecule has 1 saturated heterocycles. The molecule has 188 valence electrons. The number of halogens is 3. The molecule has 12 heteroatoms. The summed E-state index contributed by atoms with van der Waals surface area (Å²) in [5, 5.41) is 10.1. The Hall–Kier alpha value is -3.25. The van der Waals surface area contributed by atoms with Crippen molar-refractivity contribution in [2.75, 3.05) is 32.2 Å². The topological polar surface area (TPSA) is 98.2 Å². The van der Waals surface area contributed by atoms with Crippen molar-refractivity contribution in [3.63, 3.8) is 0 Å². The molecule has 0 saturated carbocycles. The van der Waals surface area contributed by atoms with Crippen molar-refractivity contribution in [1.29, 1.82) is 0 Å². The van der Waals surface area contributed by atoms with Gasteiger partial charge in [-0.1, -0.05) is 0 Å². The van der Waals surface area contributed by atoms with E-state index in [0.717, 1.165) is 12.1 Å². The van der Waals surface area contributed by atoms with Crippen molar-refractivity contribution >= 4 is 26.4 Å². The summed E-state index contributed by atoms with van der Waals surface area (Å²) in [5.41, 5.74) is 0.496. The lowest BCUT2D eigenvalue weighted by molar-refractivity contribution is -0.274. The highest BCUT2D eigenvalue weighted by molar-refractivity contribution is 7.91. The van der Waals surface area contributed by atoms with Crippen molar-refractivity contribution in [3.8, 4) is 17.2 Å². The molecular weight excluding hydrogens is 489 g/mol. The molecular formula is C23H23F3N2O6S. The van der Waals surface area contributed by atoms with E-state index in [0.29, 0.717) is 37.2 Å². The number of piperidine rings is 1. The number of aliphatic hydroxyl groups is 1. The number of nitrogens with zero attached hydrogens (tertiary/aromatic N) is 2. The molecule has 1 aromatic heterocycles. The highest BCUT2D eigenvalue weighted by atomic mass is 32.2. The predicted molar refractivity (Wildman–Crippen MR) is 121 cm³/mol. The van der Waals surface area contributed by atoms with Gasteiger partial charge in [-0.2, -0.15) is 0 Å². The fraction of sp³-hybridized carbons (Fsp3) is 0.348. The first kappa shape index (κ1) is 24.9. The molecule has 0 spiro atoms. The van der Waals surface area contributed by atoms with Crippen molar-refractivity contribution in [3.05, 3.63) is 42.6 Å². The summed E-state index contributed by atoms with van der Waals surface area (Å²) in [5.74, 6) is 0.0406. The molecule has 3 aromatic rings. The maximum Gasteiger partial charge on any atom is 0.573 e. The zero-order valence-corrected chi connectivity index (χ0v) is 19.7. The Morgan fingerprint density at radius 2 is 1.71 bits per heavy atom. The first-order valence-electron chi connectivity index (χ1n) is 10.6. The van der Waals surface area contributed by atoms with Crippen LogP contribution in [0.5, 0.6) is 17.2 Å². The van der Waals surface area contributed by atoms with Crippen LogP contribution in [0.2, 0.25) is 0 Å². The predicted octanol–water partition coefficient (Wildman–Crippen LogP) is 3.94. The summed E-state index contributed by atoms with van der Waals surface area (Å²) in [6, 6.07) is 7.70. The number of aliphatic hydroxyl groups excluding tert-OH is 1. The van der Waals surface area contributed by atoms with Gasteiger partial charge in [0.1, 0.15) is 10.6 Å². The van der Waals surface area contributed by atoms with Crippen LogP contribution in [0.4, 0.5) is 18.9 Å². The number of aromatic nitrogens is 1. The van der Waals surface area contributed by atoms with Crippen LogP contribution in [-0.4, -0.2) is 58.3 Å². The van der Waals surface area contributed by atoms with Gasteiger partial charge >= 0.3 is 6.36 Å². The third-order valence-electron chi connectivity index (χ3n) is 5.75. The number of methoxy groups -OCH3 is 2. The van der Waals surface area contributed by atoms with E-state index in [-0.39, 0.29) is 26.6 Å². The first-order valence-corrected chi connectivity index (χ1v) is 12.1. The lowest BCUT2D eigenvalue weighted by Gasteiger charge is -2.33. The number of pyridine rings is 1. The molecule has 35 heavy (non-hydrogen) atoms. The summed E-state index contributed by atoms with van der Waals surface area (Å²) < 4.78 is 80.6. The molecule has 2 heterocycles. The van der Waals surface area contributed by atoms with Gasteiger partial charge < -0.3 is 24.2 Å². The molecule has 1 aliphatic heterocycles. The molecule has 4 rings (SSSR count). The summed E-state index contributed by atoms with van der Waals surface area (Å²) in [7, 11) is -1.40. The van der Waals surface area contributed by atoms with E-state index in [9.17, 15) is 26.7 Å². The number of ether oxygens (including phenoxy) is 3. The van der Waals surface area contributed by atoms with Crippen LogP contribution in [0.3, 0.4) is 0 Å². The van der Waals surface area contributed by atoms with Crippen LogP contribution in [-0.2, 0) is 9.84 Å². The Morgan fingerprint density at radius 1 is 1.03 bits per heavy atom.